The van der Waals surface area contributed by atoms with E-state index < -0.39 is 0 Å². The Hall–Kier alpha value is -1.64. The van der Waals surface area contributed by atoms with Gasteiger partial charge in [-0.2, -0.15) is 5.10 Å². The first kappa shape index (κ1) is 11.5. The molecule has 1 heterocycles. The van der Waals surface area contributed by atoms with Crippen molar-refractivity contribution in [3.8, 4) is 11.4 Å². The molecule has 1 fully saturated rings. The minimum atomic E-state index is 0.593. The van der Waals surface area contributed by atoms with E-state index in [4.69, 9.17) is 4.98 Å². The van der Waals surface area contributed by atoms with Crippen LogP contribution in [0.1, 0.15) is 48.6 Å². The number of hydrogen-bond donors (Lipinski definition) is 1. The van der Waals surface area contributed by atoms with Gasteiger partial charge in [-0.1, -0.05) is 31.0 Å². The summed E-state index contributed by atoms with van der Waals surface area (Å²) in [5.74, 6) is 2.52. The van der Waals surface area contributed by atoms with Crippen molar-refractivity contribution >= 4 is 0 Å². The van der Waals surface area contributed by atoms with Crippen molar-refractivity contribution < 1.29 is 0 Å². The molecule has 0 amide bonds. The first-order valence-electron chi connectivity index (χ1n) is 6.74. The summed E-state index contributed by atoms with van der Waals surface area (Å²) in [5.41, 5.74) is 3.66. The fourth-order valence-corrected chi connectivity index (χ4v) is 2.94. The summed E-state index contributed by atoms with van der Waals surface area (Å²) in [7, 11) is 0. The Kier molecular flexibility index (Phi) is 2.90. The third kappa shape index (κ3) is 1.94. The second-order valence-electron chi connectivity index (χ2n) is 5.29. The van der Waals surface area contributed by atoms with Crippen LogP contribution >= 0.6 is 0 Å². The zero-order valence-corrected chi connectivity index (χ0v) is 11.0. The average molecular weight is 241 g/mol. The van der Waals surface area contributed by atoms with Gasteiger partial charge in [0, 0.05) is 11.5 Å². The molecule has 0 saturated heterocycles. The molecular formula is C15H19N3. The van der Waals surface area contributed by atoms with E-state index in [2.05, 4.69) is 42.2 Å². The highest BCUT2D eigenvalue weighted by Gasteiger charge is 2.21. The van der Waals surface area contributed by atoms with Crippen LogP contribution in [-0.4, -0.2) is 15.2 Å². The Morgan fingerprint density at radius 3 is 2.44 bits per heavy atom. The minimum Gasteiger partial charge on any atom is -0.262 e. The first-order chi connectivity index (χ1) is 8.75. The lowest BCUT2D eigenvalue weighted by Crippen LogP contribution is -1.95. The molecule has 2 aromatic rings. The number of H-pyrrole nitrogens is 1. The van der Waals surface area contributed by atoms with Crippen LogP contribution in [0.15, 0.2) is 18.2 Å². The Morgan fingerprint density at radius 1 is 1.11 bits per heavy atom. The largest absolute Gasteiger partial charge is 0.262 e. The average Bonchev–Trinajstić information content (AvgIpc) is 2.99. The van der Waals surface area contributed by atoms with E-state index in [1.165, 1.54) is 42.4 Å². The van der Waals surface area contributed by atoms with Crippen molar-refractivity contribution in [2.24, 2.45) is 0 Å². The summed E-state index contributed by atoms with van der Waals surface area (Å²) in [4.78, 5) is 4.72. The third-order valence-electron chi connectivity index (χ3n) is 3.95. The van der Waals surface area contributed by atoms with E-state index in [1.54, 1.807) is 0 Å². The molecule has 0 atom stereocenters. The van der Waals surface area contributed by atoms with Crippen molar-refractivity contribution in [3.63, 3.8) is 0 Å². The molecule has 1 N–H and O–H groups in total. The van der Waals surface area contributed by atoms with E-state index in [0.717, 1.165) is 11.6 Å². The second-order valence-corrected chi connectivity index (χ2v) is 5.29. The van der Waals surface area contributed by atoms with Crippen LogP contribution in [0, 0.1) is 13.8 Å². The van der Waals surface area contributed by atoms with Gasteiger partial charge in [-0.25, -0.2) is 4.98 Å². The third-order valence-corrected chi connectivity index (χ3v) is 3.95. The van der Waals surface area contributed by atoms with E-state index in [9.17, 15) is 0 Å². The van der Waals surface area contributed by atoms with Crippen LogP contribution in [0.3, 0.4) is 0 Å². The van der Waals surface area contributed by atoms with Gasteiger partial charge in [-0.3, -0.25) is 5.10 Å². The number of aromatic amines is 1. The molecule has 0 radical (unpaired) electrons. The van der Waals surface area contributed by atoms with Crippen molar-refractivity contribution in [2.75, 3.05) is 0 Å². The highest BCUT2D eigenvalue weighted by atomic mass is 15.2. The number of aryl methyl sites for hydroxylation is 2. The van der Waals surface area contributed by atoms with Crippen molar-refractivity contribution in [2.45, 2.75) is 45.4 Å². The molecule has 0 aliphatic heterocycles. The van der Waals surface area contributed by atoms with Gasteiger partial charge in [-0.15, -0.1) is 0 Å². The Bertz CT molecular complexity index is 530. The number of nitrogens with one attached hydrogen (secondary N) is 1. The zero-order valence-electron chi connectivity index (χ0n) is 11.0. The molecule has 1 aromatic heterocycles. The van der Waals surface area contributed by atoms with Gasteiger partial charge >= 0.3 is 0 Å². The van der Waals surface area contributed by atoms with E-state index in [1.807, 2.05) is 0 Å². The predicted molar refractivity (Wildman–Crippen MR) is 72.5 cm³/mol. The smallest absolute Gasteiger partial charge is 0.181 e. The van der Waals surface area contributed by atoms with Gasteiger partial charge in [0.15, 0.2) is 5.82 Å². The van der Waals surface area contributed by atoms with Crippen LogP contribution < -0.4 is 0 Å². The fraction of sp³-hybridized carbons (Fsp3) is 0.467. The lowest BCUT2D eigenvalue weighted by molar-refractivity contribution is 0.672. The maximum absolute atomic E-state index is 4.72. The first-order valence-corrected chi connectivity index (χ1v) is 6.74. The molecule has 18 heavy (non-hydrogen) atoms. The maximum atomic E-state index is 4.72. The van der Waals surface area contributed by atoms with E-state index in [0.29, 0.717) is 5.92 Å². The molecule has 0 bridgehead atoms. The quantitative estimate of drug-likeness (QED) is 0.870. The zero-order chi connectivity index (χ0) is 12.5. The standard InChI is InChI=1S/C15H19N3/c1-10-6-5-7-11(2)13(10)15-16-14(17-18-15)12-8-3-4-9-12/h5-7,12H,3-4,8-9H2,1-2H3,(H,16,17,18). The highest BCUT2D eigenvalue weighted by Crippen LogP contribution is 2.33. The van der Waals surface area contributed by atoms with E-state index >= 15 is 0 Å². The molecule has 1 aliphatic rings. The SMILES string of the molecule is Cc1cccc(C)c1-c1n[nH]c(C2CCCC2)n1. The van der Waals surface area contributed by atoms with Gasteiger partial charge in [0.1, 0.15) is 5.82 Å². The molecule has 1 saturated carbocycles. The number of nitrogens with zero attached hydrogens (tertiary/aromatic N) is 2. The molecular weight excluding hydrogens is 222 g/mol. The van der Waals surface area contributed by atoms with Crippen molar-refractivity contribution in [1.82, 2.24) is 15.2 Å². The Labute approximate surface area is 108 Å². The number of rotatable bonds is 2. The van der Waals surface area contributed by atoms with Crippen molar-refractivity contribution in [3.05, 3.63) is 35.2 Å². The molecule has 3 rings (SSSR count). The highest BCUT2D eigenvalue weighted by molar-refractivity contribution is 5.64. The molecule has 94 valence electrons. The van der Waals surface area contributed by atoms with Gasteiger partial charge in [0.2, 0.25) is 0 Å². The number of aromatic nitrogens is 3. The lowest BCUT2D eigenvalue weighted by Gasteiger charge is -2.05. The monoisotopic (exact) mass is 241 g/mol. The molecule has 1 aliphatic carbocycles. The number of hydrogen-bond acceptors (Lipinski definition) is 2. The van der Waals surface area contributed by atoms with Gasteiger partial charge in [0.05, 0.1) is 0 Å². The van der Waals surface area contributed by atoms with Crippen LogP contribution in [0.5, 0.6) is 0 Å². The van der Waals surface area contributed by atoms with Crippen LogP contribution in [0.25, 0.3) is 11.4 Å². The van der Waals surface area contributed by atoms with Crippen LogP contribution in [0.2, 0.25) is 0 Å². The topological polar surface area (TPSA) is 41.6 Å². The summed E-state index contributed by atoms with van der Waals surface area (Å²) in [6, 6.07) is 6.32. The molecule has 1 aromatic carbocycles. The van der Waals surface area contributed by atoms with Gasteiger partial charge in [-0.05, 0) is 37.8 Å². The van der Waals surface area contributed by atoms with Crippen LogP contribution in [-0.2, 0) is 0 Å². The fourth-order valence-electron chi connectivity index (χ4n) is 2.94. The van der Waals surface area contributed by atoms with Crippen molar-refractivity contribution in [1.29, 1.82) is 0 Å². The predicted octanol–water partition coefficient (Wildman–Crippen LogP) is 3.75. The summed E-state index contributed by atoms with van der Waals surface area (Å²) in [6.45, 7) is 4.24. The lowest BCUT2D eigenvalue weighted by atomic mass is 10.0. The summed E-state index contributed by atoms with van der Waals surface area (Å²) < 4.78 is 0. The molecule has 0 spiro atoms. The Balaban J connectivity index is 1.97. The number of benzene rings is 1. The minimum absolute atomic E-state index is 0.593. The maximum Gasteiger partial charge on any atom is 0.181 e. The Morgan fingerprint density at radius 2 is 1.78 bits per heavy atom. The summed E-state index contributed by atoms with van der Waals surface area (Å²) >= 11 is 0. The summed E-state index contributed by atoms with van der Waals surface area (Å²) in [6.07, 6.45) is 5.15. The molecule has 3 nitrogen and oxygen atoms in total. The summed E-state index contributed by atoms with van der Waals surface area (Å²) in [5, 5.41) is 7.56. The second kappa shape index (κ2) is 4.56. The van der Waals surface area contributed by atoms with E-state index in [-0.39, 0.29) is 0 Å². The van der Waals surface area contributed by atoms with Gasteiger partial charge in [0.25, 0.3) is 0 Å². The van der Waals surface area contributed by atoms with Gasteiger partial charge < -0.3 is 0 Å². The van der Waals surface area contributed by atoms with Crippen LogP contribution in [0.4, 0.5) is 0 Å². The molecule has 3 heteroatoms. The normalized spacial score (nSPS) is 16.3. The molecule has 0 unspecified atom stereocenters.